The molecule has 0 amide bonds. The highest BCUT2D eigenvalue weighted by molar-refractivity contribution is 5.40. The molecule has 0 spiro atoms. The van der Waals surface area contributed by atoms with Gasteiger partial charge < -0.3 is 15.2 Å². The molecule has 2 N–H and O–H groups in total. The average molecular weight is 237 g/mol. The maximum atomic E-state index is 5.74. The lowest BCUT2D eigenvalue weighted by Gasteiger charge is -2.11. The number of aryl methyl sites for hydroxylation is 3. The molecule has 0 saturated heterocycles. The normalized spacial score (nSPS) is 10.6. The minimum atomic E-state index is 0.580. The predicted molar refractivity (Wildman–Crippen MR) is 70.6 cm³/mol. The summed E-state index contributed by atoms with van der Waals surface area (Å²) in [6.07, 6.45) is 0.895. The van der Waals surface area contributed by atoms with Crippen LogP contribution in [-0.4, -0.2) is 26.4 Å². The SMILES string of the molecule is Cc1cc(C)c(OCCCOCCN)cc1C. The number of rotatable bonds is 7. The Labute approximate surface area is 104 Å². The molecule has 0 radical (unpaired) electrons. The van der Waals surface area contributed by atoms with E-state index >= 15 is 0 Å². The fraction of sp³-hybridized carbons (Fsp3) is 0.571. The molecule has 0 heterocycles. The van der Waals surface area contributed by atoms with Crippen molar-refractivity contribution < 1.29 is 9.47 Å². The Kier molecular flexibility index (Phi) is 6.01. The fourth-order valence-corrected chi connectivity index (χ4v) is 1.62. The highest BCUT2D eigenvalue weighted by atomic mass is 16.5. The van der Waals surface area contributed by atoms with Crippen LogP contribution >= 0.6 is 0 Å². The topological polar surface area (TPSA) is 44.5 Å². The second kappa shape index (κ2) is 7.30. The van der Waals surface area contributed by atoms with Crippen LogP contribution in [0.5, 0.6) is 5.75 Å². The summed E-state index contributed by atoms with van der Waals surface area (Å²) < 4.78 is 11.0. The smallest absolute Gasteiger partial charge is 0.122 e. The van der Waals surface area contributed by atoms with Gasteiger partial charge >= 0.3 is 0 Å². The first-order valence-electron chi connectivity index (χ1n) is 6.13. The van der Waals surface area contributed by atoms with Crippen LogP contribution < -0.4 is 10.5 Å². The summed E-state index contributed by atoms with van der Waals surface area (Å²) in [7, 11) is 0. The first-order chi connectivity index (χ1) is 8.15. The van der Waals surface area contributed by atoms with Gasteiger partial charge in [0.25, 0.3) is 0 Å². The van der Waals surface area contributed by atoms with Gasteiger partial charge in [-0.1, -0.05) is 6.07 Å². The molecular formula is C14H23NO2. The molecule has 3 nitrogen and oxygen atoms in total. The van der Waals surface area contributed by atoms with E-state index in [1.165, 1.54) is 16.7 Å². The van der Waals surface area contributed by atoms with Crippen LogP contribution in [0.3, 0.4) is 0 Å². The third-order valence-corrected chi connectivity index (χ3v) is 2.74. The van der Waals surface area contributed by atoms with E-state index in [4.69, 9.17) is 15.2 Å². The summed E-state index contributed by atoms with van der Waals surface area (Å²) in [6.45, 7) is 8.90. The quantitative estimate of drug-likeness (QED) is 0.740. The monoisotopic (exact) mass is 237 g/mol. The molecule has 1 aromatic carbocycles. The van der Waals surface area contributed by atoms with Crippen molar-refractivity contribution in [3.63, 3.8) is 0 Å². The van der Waals surface area contributed by atoms with Gasteiger partial charge in [0.2, 0.25) is 0 Å². The largest absolute Gasteiger partial charge is 0.493 e. The molecule has 17 heavy (non-hydrogen) atoms. The van der Waals surface area contributed by atoms with Gasteiger partial charge in [0.15, 0.2) is 0 Å². The molecule has 1 aromatic rings. The van der Waals surface area contributed by atoms with Crippen molar-refractivity contribution in [2.75, 3.05) is 26.4 Å². The number of nitrogens with two attached hydrogens (primary N) is 1. The minimum Gasteiger partial charge on any atom is -0.493 e. The summed E-state index contributed by atoms with van der Waals surface area (Å²) in [5.74, 6) is 0.979. The van der Waals surface area contributed by atoms with Crippen molar-refractivity contribution in [3.05, 3.63) is 28.8 Å². The Morgan fingerprint density at radius 2 is 1.65 bits per heavy atom. The highest BCUT2D eigenvalue weighted by Gasteiger charge is 2.02. The van der Waals surface area contributed by atoms with Crippen LogP contribution in [0.25, 0.3) is 0 Å². The van der Waals surface area contributed by atoms with Crippen molar-refractivity contribution in [2.45, 2.75) is 27.2 Å². The van der Waals surface area contributed by atoms with E-state index < -0.39 is 0 Å². The predicted octanol–water partition coefficient (Wildman–Crippen LogP) is 2.36. The van der Waals surface area contributed by atoms with Crippen molar-refractivity contribution in [1.82, 2.24) is 0 Å². The Morgan fingerprint density at radius 1 is 0.941 bits per heavy atom. The van der Waals surface area contributed by atoms with E-state index in [2.05, 4.69) is 32.9 Å². The number of hydrogen-bond donors (Lipinski definition) is 1. The molecule has 0 atom stereocenters. The van der Waals surface area contributed by atoms with Gasteiger partial charge in [-0.25, -0.2) is 0 Å². The summed E-state index contributed by atoms with van der Waals surface area (Å²) in [5.41, 5.74) is 9.09. The van der Waals surface area contributed by atoms with Crippen molar-refractivity contribution in [1.29, 1.82) is 0 Å². The lowest BCUT2D eigenvalue weighted by molar-refractivity contribution is 0.125. The molecular weight excluding hydrogens is 214 g/mol. The molecule has 0 bridgehead atoms. The molecule has 0 saturated carbocycles. The van der Waals surface area contributed by atoms with Gasteiger partial charge in [-0.05, 0) is 43.5 Å². The lowest BCUT2D eigenvalue weighted by atomic mass is 10.1. The van der Waals surface area contributed by atoms with Crippen molar-refractivity contribution in [3.8, 4) is 5.75 Å². The van der Waals surface area contributed by atoms with E-state index in [9.17, 15) is 0 Å². The number of ether oxygens (including phenoxy) is 2. The molecule has 0 aliphatic heterocycles. The van der Waals surface area contributed by atoms with Gasteiger partial charge in [0.1, 0.15) is 5.75 Å². The minimum absolute atomic E-state index is 0.580. The van der Waals surface area contributed by atoms with Crippen LogP contribution in [-0.2, 0) is 4.74 Å². The molecule has 0 aliphatic carbocycles. The number of hydrogen-bond acceptors (Lipinski definition) is 3. The van der Waals surface area contributed by atoms with Crippen LogP contribution in [0.15, 0.2) is 12.1 Å². The summed E-state index contributed by atoms with van der Waals surface area (Å²) in [4.78, 5) is 0. The first-order valence-corrected chi connectivity index (χ1v) is 6.13. The molecule has 1 rings (SSSR count). The zero-order chi connectivity index (χ0) is 12.7. The zero-order valence-electron chi connectivity index (χ0n) is 11.1. The third-order valence-electron chi connectivity index (χ3n) is 2.74. The molecule has 0 aliphatic rings. The third kappa shape index (κ3) is 4.75. The van der Waals surface area contributed by atoms with Gasteiger partial charge in [-0.3, -0.25) is 0 Å². The maximum Gasteiger partial charge on any atom is 0.122 e. The second-order valence-electron chi connectivity index (χ2n) is 4.31. The van der Waals surface area contributed by atoms with E-state index in [1.807, 2.05) is 0 Å². The molecule has 96 valence electrons. The van der Waals surface area contributed by atoms with Gasteiger partial charge in [0, 0.05) is 19.6 Å². The van der Waals surface area contributed by atoms with E-state index in [1.54, 1.807) is 0 Å². The summed E-state index contributed by atoms with van der Waals surface area (Å²) in [6, 6.07) is 4.26. The Balaban J connectivity index is 2.34. The van der Waals surface area contributed by atoms with Gasteiger partial charge in [-0.15, -0.1) is 0 Å². The molecule has 0 fully saturated rings. The standard InChI is InChI=1S/C14H23NO2/c1-11-9-13(3)14(10-12(11)2)17-7-4-6-16-8-5-15/h9-10H,4-8,15H2,1-3H3. The second-order valence-corrected chi connectivity index (χ2v) is 4.31. The van der Waals surface area contributed by atoms with E-state index in [0.717, 1.165) is 12.2 Å². The molecule has 0 unspecified atom stereocenters. The van der Waals surface area contributed by atoms with Crippen molar-refractivity contribution >= 4 is 0 Å². The van der Waals surface area contributed by atoms with E-state index in [-0.39, 0.29) is 0 Å². The highest BCUT2D eigenvalue weighted by Crippen LogP contribution is 2.22. The number of benzene rings is 1. The average Bonchev–Trinajstić information content (AvgIpc) is 2.30. The first kappa shape index (κ1) is 14.0. The fourth-order valence-electron chi connectivity index (χ4n) is 1.62. The van der Waals surface area contributed by atoms with Crippen LogP contribution in [0.2, 0.25) is 0 Å². The Hall–Kier alpha value is -1.06. The van der Waals surface area contributed by atoms with E-state index in [0.29, 0.717) is 26.4 Å². The Bertz CT molecular complexity index is 350. The molecule has 3 heteroatoms. The van der Waals surface area contributed by atoms with Crippen LogP contribution in [0.4, 0.5) is 0 Å². The van der Waals surface area contributed by atoms with Crippen LogP contribution in [0, 0.1) is 20.8 Å². The zero-order valence-corrected chi connectivity index (χ0v) is 11.1. The Morgan fingerprint density at radius 3 is 2.35 bits per heavy atom. The summed E-state index contributed by atoms with van der Waals surface area (Å²) >= 11 is 0. The lowest BCUT2D eigenvalue weighted by Crippen LogP contribution is -2.10. The van der Waals surface area contributed by atoms with Gasteiger partial charge in [-0.2, -0.15) is 0 Å². The maximum absolute atomic E-state index is 5.74. The molecule has 0 aromatic heterocycles. The van der Waals surface area contributed by atoms with Crippen molar-refractivity contribution in [2.24, 2.45) is 5.73 Å². The van der Waals surface area contributed by atoms with Gasteiger partial charge in [0.05, 0.1) is 13.2 Å². The van der Waals surface area contributed by atoms with Crippen LogP contribution in [0.1, 0.15) is 23.1 Å². The summed E-state index contributed by atoms with van der Waals surface area (Å²) in [5, 5.41) is 0.